The summed E-state index contributed by atoms with van der Waals surface area (Å²) in [4.78, 5) is 4.78. The van der Waals surface area contributed by atoms with Crippen molar-refractivity contribution in [3.63, 3.8) is 0 Å². The molecule has 3 nitrogen and oxygen atoms in total. The lowest BCUT2D eigenvalue weighted by molar-refractivity contribution is 0.630. The molecule has 0 radical (unpaired) electrons. The molecule has 296 valence electrons. The summed E-state index contributed by atoms with van der Waals surface area (Å²) in [5.41, 5.74) is 20.8. The van der Waals surface area contributed by atoms with Crippen molar-refractivity contribution in [2.24, 2.45) is 0 Å². The van der Waals surface area contributed by atoms with Crippen molar-refractivity contribution in [3.8, 4) is 27.9 Å². The third-order valence-corrected chi connectivity index (χ3v) is 13.6. The number of nitrogens with zero attached hydrogens (tertiary/aromatic N) is 3. The van der Waals surface area contributed by atoms with E-state index in [1.54, 1.807) is 0 Å². The Hall–Kier alpha value is -7.62. The number of anilines is 6. The Bertz CT molecular complexity index is 3290. The minimum atomic E-state index is -0.244. The second-order valence-electron chi connectivity index (χ2n) is 17.4. The van der Waals surface area contributed by atoms with Gasteiger partial charge in [0, 0.05) is 56.2 Å². The predicted molar refractivity (Wildman–Crippen MR) is 261 cm³/mol. The summed E-state index contributed by atoms with van der Waals surface area (Å²) < 4.78 is 2.52. The van der Waals surface area contributed by atoms with Crippen molar-refractivity contribution < 1.29 is 0 Å². The lowest BCUT2D eigenvalue weighted by atomic mass is 9.74. The first-order valence-electron chi connectivity index (χ1n) is 21.8. The van der Waals surface area contributed by atoms with Gasteiger partial charge in [0.1, 0.15) is 0 Å². The van der Waals surface area contributed by atoms with Gasteiger partial charge in [0.2, 0.25) is 0 Å². The van der Waals surface area contributed by atoms with Gasteiger partial charge in [-0.15, -0.1) is 0 Å². The molecule has 0 fully saturated rings. The fourth-order valence-electron chi connectivity index (χ4n) is 10.5. The Morgan fingerprint density at radius 2 is 0.952 bits per heavy atom. The highest BCUT2D eigenvalue weighted by molar-refractivity contribution is 6.14. The summed E-state index contributed by atoms with van der Waals surface area (Å²) in [5, 5.41) is 2.51. The molecule has 9 aromatic carbocycles. The molecular weight excluding hydrogens is 751 g/mol. The highest BCUT2D eigenvalue weighted by Gasteiger charge is 2.36. The maximum absolute atomic E-state index is 2.52. The van der Waals surface area contributed by atoms with E-state index in [9.17, 15) is 0 Å². The minimum absolute atomic E-state index is 0.244. The Kier molecular flexibility index (Phi) is 8.17. The van der Waals surface area contributed by atoms with Crippen LogP contribution >= 0.6 is 0 Å². The van der Waals surface area contributed by atoms with Gasteiger partial charge >= 0.3 is 0 Å². The van der Waals surface area contributed by atoms with Gasteiger partial charge in [-0.2, -0.15) is 0 Å². The summed E-state index contributed by atoms with van der Waals surface area (Å²) in [6.07, 6.45) is 0. The average molecular weight is 796 g/mol. The molecule has 0 saturated carbocycles. The van der Waals surface area contributed by atoms with E-state index in [4.69, 9.17) is 0 Å². The zero-order valence-electron chi connectivity index (χ0n) is 35.1. The number of aromatic nitrogens is 1. The number of fused-ring (bicyclic) bond motifs is 8. The summed E-state index contributed by atoms with van der Waals surface area (Å²) in [6.45, 7) is 7.13. The average Bonchev–Trinajstić information content (AvgIpc) is 3.80. The van der Waals surface area contributed by atoms with Gasteiger partial charge in [0.15, 0.2) is 0 Å². The molecule has 1 aromatic heterocycles. The maximum atomic E-state index is 2.52. The largest absolute Gasteiger partial charge is 0.311 e. The van der Waals surface area contributed by atoms with Gasteiger partial charge in [-0.3, -0.25) is 0 Å². The highest BCUT2D eigenvalue weighted by atomic mass is 15.1. The van der Waals surface area contributed by atoms with Crippen molar-refractivity contribution in [3.05, 3.63) is 235 Å². The van der Waals surface area contributed by atoms with Crippen LogP contribution in [0.3, 0.4) is 0 Å². The van der Waals surface area contributed by atoms with Crippen LogP contribution in [-0.2, 0) is 5.41 Å². The molecule has 1 aliphatic carbocycles. The normalized spacial score (nSPS) is 14.3. The third-order valence-electron chi connectivity index (χ3n) is 13.6. The van der Waals surface area contributed by atoms with Crippen LogP contribution in [0.1, 0.15) is 48.9 Å². The number of hydrogen-bond donors (Lipinski definition) is 0. The predicted octanol–water partition coefficient (Wildman–Crippen LogP) is 16.2. The maximum Gasteiger partial charge on any atom is 0.0583 e. The van der Waals surface area contributed by atoms with Crippen molar-refractivity contribution in [1.82, 2.24) is 4.57 Å². The second-order valence-corrected chi connectivity index (χ2v) is 17.4. The molecular formula is C59H45N3. The highest BCUT2D eigenvalue weighted by Crippen LogP contribution is 2.52. The van der Waals surface area contributed by atoms with E-state index in [0.29, 0.717) is 5.92 Å². The first kappa shape index (κ1) is 36.2. The second kappa shape index (κ2) is 14.0. The van der Waals surface area contributed by atoms with Gasteiger partial charge in [0.05, 0.1) is 16.7 Å². The Labute approximate surface area is 363 Å². The number of para-hydroxylation sites is 4. The number of hydrogen-bond acceptors (Lipinski definition) is 2. The molecule has 12 rings (SSSR count). The van der Waals surface area contributed by atoms with Crippen molar-refractivity contribution in [2.75, 3.05) is 9.80 Å². The first-order chi connectivity index (χ1) is 30.4. The van der Waals surface area contributed by atoms with Crippen LogP contribution in [0, 0.1) is 0 Å². The Balaban J connectivity index is 1.05. The number of rotatable bonds is 7. The Morgan fingerprint density at radius 1 is 0.403 bits per heavy atom. The first-order valence-corrected chi connectivity index (χ1v) is 21.8. The molecule has 1 unspecified atom stereocenters. The minimum Gasteiger partial charge on any atom is -0.311 e. The van der Waals surface area contributed by atoms with Gasteiger partial charge in [0.25, 0.3) is 0 Å². The van der Waals surface area contributed by atoms with Gasteiger partial charge < -0.3 is 14.4 Å². The van der Waals surface area contributed by atoms with Crippen LogP contribution in [0.15, 0.2) is 212 Å². The molecule has 0 spiro atoms. The van der Waals surface area contributed by atoms with Gasteiger partial charge in [-0.05, 0) is 136 Å². The zero-order chi connectivity index (χ0) is 41.5. The molecule has 0 N–H and O–H groups in total. The van der Waals surface area contributed by atoms with E-state index in [0.717, 1.165) is 34.1 Å². The SMILES string of the molecule is CC1c2ccccc2-c2cc(N(c3ccccc3)c3cc4c5c(c3)c3cc(-c6ccc(N(c7ccccc7)c7ccccc7)cc6)ccc3n5-c3ccccc3C4(C)C)ccc21. The summed E-state index contributed by atoms with van der Waals surface area (Å²) in [5.74, 6) is 0.366. The molecule has 0 saturated heterocycles. The van der Waals surface area contributed by atoms with Gasteiger partial charge in [-0.25, -0.2) is 0 Å². The van der Waals surface area contributed by atoms with Gasteiger partial charge in [-0.1, -0.05) is 142 Å². The van der Waals surface area contributed by atoms with Crippen molar-refractivity contribution in [1.29, 1.82) is 0 Å². The van der Waals surface area contributed by atoms with E-state index < -0.39 is 0 Å². The van der Waals surface area contributed by atoms with E-state index >= 15 is 0 Å². The molecule has 2 heterocycles. The smallest absolute Gasteiger partial charge is 0.0583 e. The monoisotopic (exact) mass is 795 g/mol. The third kappa shape index (κ3) is 5.51. The summed E-state index contributed by atoms with van der Waals surface area (Å²) in [7, 11) is 0. The molecule has 10 aromatic rings. The summed E-state index contributed by atoms with van der Waals surface area (Å²) >= 11 is 0. The number of benzene rings is 9. The topological polar surface area (TPSA) is 11.4 Å². The van der Waals surface area contributed by atoms with Crippen molar-refractivity contribution in [2.45, 2.75) is 32.1 Å². The van der Waals surface area contributed by atoms with Crippen LogP contribution in [0.2, 0.25) is 0 Å². The van der Waals surface area contributed by atoms with Crippen LogP contribution < -0.4 is 9.80 Å². The van der Waals surface area contributed by atoms with E-state index in [2.05, 4.69) is 247 Å². The molecule has 62 heavy (non-hydrogen) atoms. The molecule has 0 bridgehead atoms. The molecule has 1 aliphatic heterocycles. The van der Waals surface area contributed by atoms with Crippen molar-refractivity contribution >= 4 is 55.9 Å². The lowest BCUT2D eigenvalue weighted by Crippen LogP contribution is -2.26. The molecule has 2 aliphatic rings. The fraction of sp³-hybridized carbons (Fsp3) is 0.0847. The summed E-state index contributed by atoms with van der Waals surface area (Å²) in [6, 6.07) is 78.1. The van der Waals surface area contributed by atoms with Crippen LogP contribution in [0.4, 0.5) is 34.1 Å². The van der Waals surface area contributed by atoms with Crippen LogP contribution in [0.25, 0.3) is 49.7 Å². The van der Waals surface area contributed by atoms with E-state index in [1.165, 1.54) is 72.0 Å². The quantitative estimate of drug-likeness (QED) is 0.159. The van der Waals surface area contributed by atoms with E-state index in [-0.39, 0.29) is 5.41 Å². The van der Waals surface area contributed by atoms with Crippen LogP contribution in [0.5, 0.6) is 0 Å². The molecule has 1 atom stereocenters. The van der Waals surface area contributed by atoms with E-state index in [1.807, 2.05) is 0 Å². The standard InChI is InChI=1S/C59H45N3/c1-39-48-23-13-14-24-50(48)51-36-46(32-33-49(39)51)61(44-21-11-6-12-22-44)47-37-53-52-35-41(29-34-56(52)62-57-26-16-15-25-54(57)59(2,3)55(38-47)58(53)62)40-27-30-45(31-28-40)60(42-17-7-4-8-18-42)43-19-9-5-10-20-43/h4-39H,1-3H3. The molecule has 3 heteroatoms. The Morgan fingerprint density at radius 3 is 1.65 bits per heavy atom. The zero-order valence-corrected chi connectivity index (χ0v) is 35.1. The fourth-order valence-corrected chi connectivity index (χ4v) is 10.5. The molecule has 0 amide bonds. The lowest BCUT2D eigenvalue weighted by Gasteiger charge is -2.36. The van der Waals surface area contributed by atoms with Crippen LogP contribution in [-0.4, -0.2) is 4.57 Å².